The van der Waals surface area contributed by atoms with Crippen molar-refractivity contribution in [3.05, 3.63) is 28.8 Å². The zero-order valence-corrected chi connectivity index (χ0v) is 12.7. The lowest BCUT2D eigenvalue weighted by atomic mass is 10.0. The monoisotopic (exact) mass is 314 g/mol. The first-order valence-corrected chi connectivity index (χ1v) is 7.76. The first kappa shape index (κ1) is 15.3. The van der Waals surface area contributed by atoms with Crippen molar-refractivity contribution in [1.82, 2.24) is 4.90 Å². The summed E-state index contributed by atoms with van der Waals surface area (Å²) in [4.78, 5) is 23.5. The Labute approximate surface area is 134 Å². The van der Waals surface area contributed by atoms with Crippen molar-refractivity contribution in [2.45, 2.75) is 31.7 Å². The molecule has 1 aliphatic heterocycles. The first-order chi connectivity index (χ1) is 11.1. The molecule has 1 heterocycles. The summed E-state index contributed by atoms with van der Waals surface area (Å²) in [6, 6.07) is 5.66. The summed E-state index contributed by atoms with van der Waals surface area (Å²) in [5, 5.41) is 18.6. The third-order valence-electron chi connectivity index (χ3n) is 4.68. The van der Waals surface area contributed by atoms with E-state index in [9.17, 15) is 14.9 Å². The van der Waals surface area contributed by atoms with Crippen LogP contribution >= 0.6 is 0 Å². The number of nitrogens with zero attached hydrogens (tertiary/aromatic N) is 2. The predicted molar refractivity (Wildman–Crippen MR) is 81.4 cm³/mol. The van der Waals surface area contributed by atoms with Gasteiger partial charge in [-0.25, -0.2) is 4.79 Å². The molecule has 2 aliphatic rings. The van der Waals surface area contributed by atoms with Crippen molar-refractivity contribution in [1.29, 1.82) is 5.26 Å². The van der Waals surface area contributed by atoms with E-state index >= 15 is 0 Å². The highest BCUT2D eigenvalue weighted by atomic mass is 16.5. The second kappa shape index (κ2) is 6.29. The van der Waals surface area contributed by atoms with Crippen LogP contribution in [0.15, 0.2) is 12.1 Å². The van der Waals surface area contributed by atoms with Crippen LogP contribution in [0.2, 0.25) is 0 Å². The van der Waals surface area contributed by atoms with Crippen molar-refractivity contribution < 1.29 is 19.4 Å². The van der Waals surface area contributed by atoms with Gasteiger partial charge in [0.15, 0.2) is 0 Å². The first-order valence-electron chi connectivity index (χ1n) is 7.76. The molecule has 6 nitrogen and oxygen atoms in total. The van der Waals surface area contributed by atoms with E-state index in [1.54, 1.807) is 6.07 Å². The van der Waals surface area contributed by atoms with Gasteiger partial charge in [0.2, 0.25) is 0 Å². The van der Waals surface area contributed by atoms with Crippen molar-refractivity contribution in [3.63, 3.8) is 0 Å². The smallest absolute Gasteiger partial charge is 0.407 e. The molecule has 1 amide bonds. The molecule has 1 aromatic rings. The second-order valence-electron chi connectivity index (χ2n) is 6.08. The molecular weight excluding hydrogens is 296 g/mol. The molecule has 0 aromatic heterocycles. The van der Waals surface area contributed by atoms with Crippen molar-refractivity contribution in [2.24, 2.45) is 5.92 Å². The average molecular weight is 314 g/mol. The highest BCUT2D eigenvalue weighted by Gasteiger charge is 2.30. The molecule has 2 unspecified atom stereocenters. The van der Waals surface area contributed by atoms with E-state index in [1.165, 1.54) is 4.90 Å². The lowest BCUT2D eigenvalue weighted by molar-refractivity contribution is -0.110. The highest BCUT2D eigenvalue weighted by molar-refractivity contribution is 5.66. The van der Waals surface area contributed by atoms with Gasteiger partial charge in [-0.3, -0.25) is 0 Å². The van der Waals surface area contributed by atoms with Crippen LogP contribution < -0.4 is 4.74 Å². The number of aldehydes is 1. The Morgan fingerprint density at radius 1 is 1.48 bits per heavy atom. The van der Waals surface area contributed by atoms with E-state index in [1.807, 2.05) is 6.07 Å². The molecule has 120 valence electrons. The van der Waals surface area contributed by atoms with Gasteiger partial charge in [-0.1, -0.05) is 6.07 Å². The number of likely N-dealkylation sites (tertiary alicyclic amines) is 1. The predicted octanol–water partition coefficient (Wildman–Crippen LogP) is 1.99. The fraction of sp³-hybridized carbons (Fsp3) is 0.471. The van der Waals surface area contributed by atoms with E-state index in [0.717, 1.165) is 30.3 Å². The molecule has 1 saturated heterocycles. The van der Waals surface area contributed by atoms with E-state index in [-0.39, 0.29) is 18.6 Å². The standard InChI is InChI=1S/C17H18N2O4/c18-8-15-14-7-11(9-20)6-12(14)3-4-16(15)23-10-13-2-1-5-19(13)17(21)22/h3-4,9,11,13H,1-2,5-7,10H2,(H,21,22). The number of carboxylic acid groups (broad SMARTS) is 1. The van der Waals surface area contributed by atoms with Gasteiger partial charge in [-0.15, -0.1) is 0 Å². The molecule has 1 aromatic carbocycles. The van der Waals surface area contributed by atoms with Gasteiger partial charge in [-0.05, 0) is 42.9 Å². The summed E-state index contributed by atoms with van der Waals surface area (Å²) in [5.41, 5.74) is 2.40. The van der Waals surface area contributed by atoms with E-state index < -0.39 is 6.09 Å². The summed E-state index contributed by atoms with van der Waals surface area (Å²) >= 11 is 0. The minimum atomic E-state index is -0.931. The highest BCUT2D eigenvalue weighted by Crippen LogP contribution is 2.34. The fourth-order valence-corrected chi connectivity index (χ4v) is 3.50. The summed E-state index contributed by atoms with van der Waals surface area (Å²) in [7, 11) is 0. The number of fused-ring (bicyclic) bond motifs is 1. The van der Waals surface area contributed by atoms with Crippen LogP contribution in [0.5, 0.6) is 5.75 Å². The number of carbonyl (C=O) groups is 2. The summed E-state index contributed by atoms with van der Waals surface area (Å²) < 4.78 is 5.77. The Bertz CT molecular complexity index is 680. The molecule has 2 atom stereocenters. The van der Waals surface area contributed by atoms with Gasteiger partial charge in [0, 0.05) is 12.5 Å². The molecule has 1 aliphatic carbocycles. The van der Waals surface area contributed by atoms with Crippen LogP contribution in [0.1, 0.15) is 29.5 Å². The molecule has 23 heavy (non-hydrogen) atoms. The largest absolute Gasteiger partial charge is 0.490 e. The third kappa shape index (κ3) is 2.87. The number of ether oxygens (including phenoxy) is 1. The van der Waals surface area contributed by atoms with Gasteiger partial charge in [0.25, 0.3) is 0 Å². The van der Waals surface area contributed by atoms with Crippen LogP contribution in [0.4, 0.5) is 4.79 Å². The number of amides is 1. The van der Waals surface area contributed by atoms with E-state index in [2.05, 4.69) is 6.07 Å². The normalized spacial score (nSPS) is 22.5. The van der Waals surface area contributed by atoms with E-state index in [0.29, 0.717) is 30.7 Å². The molecule has 0 spiro atoms. The maximum absolute atomic E-state index is 11.2. The van der Waals surface area contributed by atoms with E-state index in [4.69, 9.17) is 9.84 Å². The minimum absolute atomic E-state index is 0.0651. The third-order valence-corrected chi connectivity index (χ3v) is 4.68. The van der Waals surface area contributed by atoms with Crippen molar-refractivity contribution in [2.75, 3.05) is 13.2 Å². The van der Waals surface area contributed by atoms with Crippen molar-refractivity contribution in [3.8, 4) is 11.8 Å². The summed E-state index contributed by atoms with van der Waals surface area (Å²) in [6.07, 6.45) is 2.85. The van der Waals surface area contributed by atoms with Crippen molar-refractivity contribution >= 4 is 12.4 Å². The average Bonchev–Trinajstić information content (AvgIpc) is 3.18. The second-order valence-corrected chi connectivity index (χ2v) is 6.08. The molecule has 3 rings (SSSR count). The molecule has 1 fully saturated rings. The zero-order valence-electron chi connectivity index (χ0n) is 12.7. The summed E-state index contributed by atoms with van der Waals surface area (Å²) in [5.74, 6) is 0.416. The molecule has 0 radical (unpaired) electrons. The lowest BCUT2D eigenvalue weighted by Crippen LogP contribution is -2.38. The molecular formula is C17H18N2O4. The van der Waals surface area contributed by atoms with Crippen LogP contribution in [0.25, 0.3) is 0 Å². The quantitative estimate of drug-likeness (QED) is 0.858. The molecule has 6 heteroatoms. The number of rotatable bonds is 4. The topological polar surface area (TPSA) is 90.6 Å². The molecule has 0 saturated carbocycles. The number of carbonyl (C=O) groups excluding carboxylic acids is 1. The molecule has 0 bridgehead atoms. The van der Waals surface area contributed by atoms with Gasteiger partial charge < -0.3 is 19.5 Å². The van der Waals surface area contributed by atoms with Gasteiger partial charge in [0.05, 0.1) is 11.6 Å². The Morgan fingerprint density at radius 3 is 3.00 bits per heavy atom. The minimum Gasteiger partial charge on any atom is -0.490 e. The summed E-state index contributed by atoms with van der Waals surface area (Å²) in [6.45, 7) is 0.774. The molecule has 1 N–H and O–H groups in total. The van der Waals surface area contributed by atoms with Gasteiger partial charge >= 0.3 is 6.09 Å². The van der Waals surface area contributed by atoms with Crippen LogP contribution in [-0.4, -0.2) is 41.6 Å². The Kier molecular flexibility index (Phi) is 4.20. The Balaban J connectivity index is 1.76. The lowest BCUT2D eigenvalue weighted by Gasteiger charge is -2.22. The van der Waals surface area contributed by atoms with Crippen LogP contribution in [0.3, 0.4) is 0 Å². The maximum Gasteiger partial charge on any atom is 0.407 e. The van der Waals surface area contributed by atoms with Crippen LogP contribution in [0, 0.1) is 17.2 Å². The zero-order chi connectivity index (χ0) is 16.4. The van der Waals surface area contributed by atoms with Crippen LogP contribution in [-0.2, 0) is 17.6 Å². The Hall–Kier alpha value is -2.55. The van der Waals surface area contributed by atoms with Gasteiger partial charge in [0.1, 0.15) is 24.7 Å². The Morgan fingerprint density at radius 2 is 2.30 bits per heavy atom. The number of hydrogen-bond donors (Lipinski definition) is 1. The number of hydrogen-bond acceptors (Lipinski definition) is 4. The number of benzene rings is 1. The number of nitriles is 1. The van der Waals surface area contributed by atoms with Gasteiger partial charge in [-0.2, -0.15) is 5.26 Å². The maximum atomic E-state index is 11.2. The fourth-order valence-electron chi connectivity index (χ4n) is 3.50. The SMILES string of the molecule is N#Cc1c(OCC2CCCN2C(=O)O)ccc2c1CC(C=O)C2.